The highest BCUT2D eigenvalue weighted by molar-refractivity contribution is 7.95. The molecular formula is C21H17Cl2NO3S. The average molecular weight is 434 g/mol. The molecule has 0 aromatic heterocycles. The Kier molecular flexibility index (Phi) is 6.62. The van der Waals surface area contributed by atoms with Crippen LogP contribution in [0.4, 0.5) is 5.69 Å². The number of sulfonamides is 1. The summed E-state index contributed by atoms with van der Waals surface area (Å²) in [7, 11) is -3.65. The van der Waals surface area contributed by atoms with Crippen molar-refractivity contribution in [2.24, 2.45) is 0 Å². The van der Waals surface area contributed by atoms with Crippen LogP contribution in [0.25, 0.3) is 6.08 Å². The van der Waals surface area contributed by atoms with Gasteiger partial charge in [0.25, 0.3) is 10.0 Å². The summed E-state index contributed by atoms with van der Waals surface area (Å²) >= 11 is 11.8. The Hall–Kier alpha value is -2.47. The SMILES string of the molecule is O=S(=O)(C=Cc1cccc(Cl)c1)Nc1ccc(OCc2cccc(Cl)c2)cc1. The van der Waals surface area contributed by atoms with Gasteiger partial charge in [-0.25, -0.2) is 8.42 Å². The molecule has 0 saturated heterocycles. The van der Waals surface area contributed by atoms with Gasteiger partial charge in [-0.05, 0) is 65.7 Å². The third kappa shape index (κ3) is 6.30. The van der Waals surface area contributed by atoms with Crippen LogP contribution in [0.15, 0.2) is 78.2 Å². The van der Waals surface area contributed by atoms with Crippen LogP contribution < -0.4 is 9.46 Å². The van der Waals surface area contributed by atoms with Crippen molar-refractivity contribution in [3.05, 3.63) is 99.4 Å². The van der Waals surface area contributed by atoms with Crippen molar-refractivity contribution in [2.75, 3.05) is 4.72 Å². The molecule has 1 N–H and O–H groups in total. The quantitative estimate of drug-likeness (QED) is 0.497. The molecule has 0 unspecified atom stereocenters. The number of hydrogen-bond acceptors (Lipinski definition) is 3. The molecular weight excluding hydrogens is 417 g/mol. The van der Waals surface area contributed by atoms with Crippen molar-refractivity contribution < 1.29 is 13.2 Å². The van der Waals surface area contributed by atoms with Gasteiger partial charge in [0.1, 0.15) is 12.4 Å². The summed E-state index contributed by atoms with van der Waals surface area (Å²) in [5, 5.41) is 2.29. The van der Waals surface area contributed by atoms with E-state index in [4.69, 9.17) is 27.9 Å². The molecule has 0 heterocycles. The lowest BCUT2D eigenvalue weighted by atomic mass is 10.2. The van der Waals surface area contributed by atoms with Gasteiger partial charge in [-0.3, -0.25) is 4.72 Å². The molecule has 0 spiro atoms. The predicted molar refractivity (Wildman–Crippen MR) is 115 cm³/mol. The summed E-state index contributed by atoms with van der Waals surface area (Å²) in [6.45, 7) is 0.369. The molecule has 0 fully saturated rings. The molecule has 0 amide bonds. The van der Waals surface area contributed by atoms with Crippen molar-refractivity contribution in [2.45, 2.75) is 6.61 Å². The molecule has 0 atom stereocenters. The van der Waals surface area contributed by atoms with Crippen LogP contribution in [-0.2, 0) is 16.6 Å². The summed E-state index contributed by atoms with van der Waals surface area (Å²) in [5.74, 6) is 0.623. The van der Waals surface area contributed by atoms with Crippen LogP contribution in [0.5, 0.6) is 5.75 Å². The van der Waals surface area contributed by atoms with E-state index in [0.29, 0.717) is 33.7 Å². The molecule has 0 radical (unpaired) electrons. The second-order valence-electron chi connectivity index (χ2n) is 5.95. The van der Waals surface area contributed by atoms with Gasteiger partial charge in [-0.15, -0.1) is 0 Å². The van der Waals surface area contributed by atoms with Crippen LogP contribution in [0.1, 0.15) is 11.1 Å². The topological polar surface area (TPSA) is 55.4 Å². The Morgan fingerprint density at radius 3 is 2.25 bits per heavy atom. The van der Waals surface area contributed by atoms with Gasteiger partial charge in [-0.1, -0.05) is 47.5 Å². The van der Waals surface area contributed by atoms with E-state index in [2.05, 4.69) is 4.72 Å². The lowest BCUT2D eigenvalue weighted by molar-refractivity contribution is 0.306. The van der Waals surface area contributed by atoms with E-state index in [1.54, 1.807) is 54.6 Å². The van der Waals surface area contributed by atoms with Crippen LogP contribution in [0, 0.1) is 0 Å². The molecule has 0 aliphatic carbocycles. The maximum atomic E-state index is 12.2. The van der Waals surface area contributed by atoms with E-state index in [1.807, 2.05) is 18.2 Å². The van der Waals surface area contributed by atoms with Crippen LogP contribution in [-0.4, -0.2) is 8.42 Å². The zero-order valence-corrected chi connectivity index (χ0v) is 17.0. The van der Waals surface area contributed by atoms with Crippen LogP contribution in [0.2, 0.25) is 10.0 Å². The molecule has 0 saturated carbocycles. The number of anilines is 1. The van der Waals surface area contributed by atoms with Crippen LogP contribution >= 0.6 is 23.2 Å². The fourth-order valence-electron chi connectivity index (χ4n) is 2.39. The Morgan fingerprint density at radius 2 is 1.57 bits per heavy atom. The maximum absolute atomic E-state index is 12.2. The van der Waals surface area contributed by atoms with Crippen molar-refractivity contribution in [1.82, 2.24) is 0 Å². The molecule has 4 nitrogen and oxygen atoms in total. The molecule has 0 bridgehead atoms. The largest absolute Gasteiger partial charge is 0.489 e. The molecule has 7 heteroatoms. The van der Waals surface area contributed by atoms with E-state index in [-0.39, 0.29) is 0 Å². The van der Waals surface area contributed by atoms with E-state index in [0.717, 1.165) is 11.0 Å². The highest BCUT2D eigenvalue weighted by atomic mass is 35.5. The molecule has 0 aliphatic heterocycles. The second kappa shape index (κ2) is 9.15. The second-order valence-corrected chi connectivity index (χ2v) is 8.39. The lowest BCUT2D eigenvalue weighted by Crippen LogP contribution is -2.08. The van der Waals surface area contributed by atoms with Gasteiger partial charge in [-0.2, -0.15) is 0 Å². The monoisotopic (exact) mass is 433 g/mol. The van der Waals surface area contributed by atoms with E-state index < -0.39 is 10.0 Å². The Balaban J connectivity index is 1.60. The third-order valence-electron chi connectivity index (χ3n) is 3.70. The van der Waals surface area contributed by atoms with Gasteiger partial charge < -0.3 is 4.74 Å². The third-order valence-corrected chi connectivity index (χ3v) is 5.18. The summed E-state index contributed by atoms with van der Waals surface area (Å²) in [6.07, 6.45) is 1.48. The number of halogens is 2. The maximum Gasteiger partial charge on any atom is 0.255 e. The zero-order chi connectivity index (χ0) is 20.0. The van der Waals surface area contributed by atoms with Gasteiger partial charge in [0, 0.05) is 15.7 Å². The van der Waals surface area contributed by atoms with Gasteiger partial charge in [0.15, 0.2) is 0 Å². The van der Waals surface area contributed by atoms with E-state index in [9.17, 15) is 8.42 Å². The number of rotatable bonds is 7. The average Bonchev–Trinajstić information content (AvgIpc) is 2.66. The van der Waals surface area contributed by atoms with E-state index >= 15 is 0 Å². The number of benzene rings is 3. The first-order chi connectivity index (χ1) is 13.4. The minimum Gasteiger partial charge on any atom is -0.489 e. The Morgan fingerprint density at radius 1 is 0.893 bits per heavy atom. The molecule has 3 aromatic rings. The molecule has 3 rings (SSSR count). The Bertz CT molecular complexity index is 1080. The first-order valence-electron chi connectivity index (χ1n) is 8.33. The number of hydrogen-bond donors (Lipinski definition) is 1. The summed E-state index contributed by atoms with van der Waals surface area (Å²) in [5.41, 5.74) is 2.08. The van der Waals surface area contributed by atoms with Crippen molar-refractivity contribution in [1.29, 1.82) is 0 Å². The smallest absolute Gasteiger partial charge is 0.255 e. The van der Waals surface area contributed by atoms with Crippen molar-refractivity contribution in [3.8, 4) is 5.75 Å². The fourth-order valence-corrected chi connectivity index (χ4v) is 3.67. The number of ether oxygens (including phenoxy) is 1. The molecule has 0 aliphatic rings. The lowest BCUT2D eigenvalue weighted by Gasteiger charge is -2.08. The summed E-state index contributed by atoms with van der Waals surface area (Å²) in [4.78, 5) is 0. The van der Waals surface area contributed by atoms with Gasteiger partial charge in [0.05, 0.1) is 5.41 Å². The minimum atomic E-state index is -3.65. The van der Waals surface area contributed by atoms with Crippen molar-refractivity contribution >= 4 is 45.0 Å². The van der Waals surface area contributed by atoms with Crippen molar-refractivity contribution in [3.63, 3.8) is 0 Å². The highest BCUT2D eigenvalue weighted by Gasteiger charge is 2.06. The molecule has 3 aromatic carbocycles. The predicted octanol–water partition coefficient (Wildman–Crippen LogP) is 5.99. The fraction of sp³-hybridized carbons (Fsp3) is 0.0476. The van der Waals surface area contributed by atoms with Gasteiger partial charge >= 0.3 is 0 Å². The Labute approximate surface area is 174 Å². The first-order valence-corrected chi connectivity index (χ1v) is 10.6. The minimum absolute atomic E-state index is 0.369. The number of nitrogens with one attached hydrogen (secondary N) is 1. The van der Waals surface area contributed by atoms with Gasteiger partial charge in [0.2, 0.25) is 0 Å². The normalized spacial score (nSPS) is 11.5. The summed E-state index contributed by atoms with van der Waals surface area (Å²) < 4.78 is 32.6. The zero-order valence-electron chi connectivity index (χ0n) is 14.7. The summed E-state index contributed by atoms with van der Waals surface area (Å²) in [6, 6.07) is 21.0. The highest BCUT2D eigenvalue weighted by Crippen LogP contribution is 2.20. The standard InChI is InChI=1S/C21H17Cl2NO3S/c22-18-5-1-3-16(13-18)11-12-28(25,26)24-20-7-9-21(10-8-20)27-15-17-4-2-6-19(23)14-17/h1-14,24H,15H2. The van der Waals surface area contributed by atoms with E-state index in [1.165, 1.54) is 6.08 Å². The van der Waals surface area contributed by atoms with Crippen LogP contribution in [0.3, 0.4) is 0 Å². The first kappa shape index (κ1) is 20.3. The molecule has 28 heavy (non-hydrogen) atoms. The molecule has 144 valence electrons.